The summed E-state index contributed by atoms with van der Waals surface area (Å²) >= 11 is 0. The highest BCUT2D eigenvalue weighted by Gasteiger charge is 2.45. The van der Waals surface area contributed by atoms with Gasteiger partial charge in [-0.3, -0.25) is 4.79 Å². The second kappa shape index (κ2) is 1.62. The van der Waals surface area contributed by atoms with Crippen LogP contribution in [0, 0.1) is 5.41 Å². The summed E-state index contributed by atoms with van der Waals surface area (Å²) in [5.41, 5.74) is 0.0943. The van der Waals surface area contributed by atoms with Crippen molar-refractivity contribution >= 4 is 5.97 Å². The molecule has 0 unspecified atom stereocenters. The van der Waals surface area contributed by atoms with E-state index in [4.69, 9.17) is 4.74 Å². The molecule has 1 saturated heterocycles. The zero-order valence-electron chi connectivity index (χ0n) is 5.96. The zero-order chi connectivity index (χ0) is 7.19. The molecule has 0 aromatic rings. The van der Waals surface area contributed by atoms with Crippen LogP contribution in [0.1, 0.15) is 19.8 Å². The molecule has 2 aliphatic rings. The number of hydrogen-bond donors (Lipinski definition) is 0. The van der Waals surface area contributed by atoms with E-state index in [1.165, 1.54) is 0 Å². The van der Waals surface area contributed by atoms with Gasteiger partial charge in [0.2, 0.25) is 0 Å². The largest absolute Gasteiger partial charge is 0.457 e. The fraction of sp³-hybridized carbons (Fsp3) is 0.625. The van der Waals surface area contributed by atoms with Crippen molar-refractivity contribution in [3.05, 3.63) is 12.2 Å². The lowest BCUT2D eigenvalue weighted by molar-refractivity contribution is -0.140. The molecule has 1 fully saturated rings. The van der Waals surface area contributed by atoms with Gasteiger partial charge in [0.1, 0.15) is 6.10 Å². The number of carbonyl (C=O) groups is 1. The molecular formula is C8H10O2. The van der Waals surface area contributed by atoms with Gasteiger partial charge in [-0.2, -0.15) is 0 Å². The quantitative estimate of drug-likeness (QED) is 0.372. The van der Waals surface area contributed by atoms with Crippen molar-refractivity contribution in [1.29, 1.82) is 0 Å². The smallest absolute Gasteiger partial charge is 0.307 e. The number of hydrogen-bond acceptors (Lipinski definition) is 2. The van der Waals surface area contributed by atoms with E-state index in [9.17, 15) is 4.79 Å². The van der Waals surface area contributed by atoms with Crippen LogP contribution in [0.15, 0.2) is 12.2 Å². The highest BCUT2D eigenvalue weighted by Crippen LogP contribution is 2.43. The number of carbonyl (C=O) groups excluding carboxylic acids is 1. The molecule has 2 rings (SSSR count). The first kappa shape index (κ1) is 5.96. The van der Waals surface area contributed by atoms with E-state index in [2.05, 4.69) is 13.0 Å². The fourth-order valence-corrected chi connectivity index (χ4v) is 1.68. The second-order valence-corrected chi connectivity index (χ2v) is 3.37. The Hall–Kier alpha value is -0.790. The van der Waals surface area contributed by atoms with Crippen LogP contribution in [0.4, 0.5) is 0 Å². The monoisotopic (exact) mass is 138 g/mol. The lowest BCUT2D eigenvalue weighted by Crippen LogP contribution is -2.20. The summed E-state index contributed by atoms with van der Waals surface area (Å²) in [5, 5.41) is 0. The summed E-state index contributed by atoms with van der Waals surface area (Å²) in [6.07, 6.45) is 5.73. The molecule has 2 nitrogen and oxygen atoms in total. The summed E-state index contributed by atoms with van der Waals surface area (Å²) in [4.78, 5) is 10.8. The van der Waals surface area contributed by atoms with Gasteiger partial charge in [-0.15, -0.1) is 0 Å². The minimum absolute atomic E-state index is 0.0446. The summed E-state index contributed by atoms with van der Waals surface area (Å²) in [5.74, 6) is -0.0446. The van der Waals surface area contributed by atoms with Gasteiger partial charge in [-0.05, 0) is 12.5 Å². The predicted octanol–water partition coefficient (Wildman–Crippen LogP) is 1.27. The van der Waals surface area contributed by atoms with Crippen molar-refractivity contribution in [3.8, 4) is 0 Å². The Labute approximate surface area is 59.9 Å². The number of ether oxygens (including phenoxy) is 1. The van der Waals surface area contributed by atoms with E-state index in [1.807, 2.05) is 6.08 Å². The SMILES string of the molecule is C[C@@]12CC=C[C@H]1OC(=O)C2. The average Bonchev–Trinajstić information content (AvgIpc) is 2.20. The van der Waals surface area contributed by atoms with Gasteiger partial charge in [0.15, 0.2) is 0 Å². The molecule has 0 aromatic carbocycles. The number of rotatable bonds is 0. The van der Waals surface area contributed by atoms with Crippen molar-refractivity contribution < 1.29 is 9.53 Å². The zero-order valence-corrected chi connectivity index (χ0v) is 5.96. The molecule has 1 aliphatic heterocycles. The molecule has 0 aromatic heterocycles. The predicted molar refractivity (Wildman–Crippen MR) is 36.4 cm³/mol. The van der Waals surface area contributed by atoms with E-state index in [-0.39, 0.29) is 17.5 Å². The van der Waals surface area contributed by atoms with Crippen LogP contribution in [0.3, 0.4) is 0 Å². The standard InChI is InChI=1S/C8H10O2/c1-8-4-2-3-6(8)10-7(9)5-8/h2-3,6H,4-5H2,1H3/t6-,8+/m1/s1. The normalized spacial score (nSPS) is 43.7. The Kier molecular flexibility index (Phi) is 0.967. The Bertz CT molecular complexity index is 207. The maximum atomic E-state index is 10.8. The molecule has 0 N–H and O–H groups in total. The van der Waals surface area contributed by atoms with E-state index >= 15 is 0 Å². The Morgan fingerprint density at radius 3 is 3.30 bits per heavy atom. The molecule has 2 heteroatoms. The molecule has 2 atom stereocenters. The number of allylic oxidation sites excluding steroid dienone is 1. The third kappa shape index (κ3) is 0.618. The third-order valence-corrected chi connectivity index (χ3v) is 2.39. The molecule has 0 amide bonds. The van der Waals surface area contributed by atoms with Gasteiger partial charge in [-0.25, -0.2) is 0 Å². The first-order valence-electron chi connectivity index (χ1n) is 3.57. The van der Waals surface area contributed by atoms with E-state index in [0.29, 0.717) is 6.42 Å². The maximum Gasteiger partial charge on any atom is 0.307 e. The molecule has 0 bridgehead atoms. The van der Waals surface area contributed by atoms with Gasteiger partial charge >= 0.3 is 5.97 Å². The maximum absolute atomic E-state index is 10.8. The Balaban J connectivity index is 2.28. The van der Waals surface area contributed by atoms with Crippen molar-refractivity contribution in [2.45, 2.75) is 25.9 Å². The molecule has 0 radical (unpaired) electrons. The van der Waals surface area contributed by atoms with Crippen molar-refractivity contribution in [2.75, 3.05) is 0 Å². The minimum Gasteiger partial charge on any atom is -0.457 e. The van der Waals surface area contributed by atoms with Gasteiger partial charge in [0, 0.05) is 5.41 Å². The first-order chi connectivity index (χ1) is 4.71. The highest BCUT2D eigenvalue weighted by molar-refractivity contribution is 5.73. The van der Waals surface area contributed by atoms with Crippen LogP contribution in [-0.4, -0.2) is 12.1 Å². The van der Waals surface area contributed by atoms with Crippen LogP contribution in [0.25, 0.3) is 0 Å². The summed E-state index contributed by atoms with van der Waals surface area (Å²) in [6, 6.07) is 0. The molecule has 54 valence electrons. The summed E-state index contributed by atoms with van der Waals surface area (Å²) in [6.45, 7) is 2.10. The molecule has 0 saturated carbocycles. The van der Waals surface area contributed by atoms with Crippen LogP contribution in [-0.2, 0) is 9.53 Å². The van der Waals surface area contributed by atoms with E-state index in [1.54, 1.807) is 0 Å². The molecular weight excluding hydrogens is 128 g/mol. The Morgan fingerprint density at radius 1 is 1.80 bits per heavy atom. The van der Waals surface area contributed by atoms with Gasteiger partial charge in [0.05, 0.1) is 6.42 Å². The van der Waals surface area contributed by atoms with Crippen LogP contribution in [0.5, 0.6) is 0 Å². The topological polar surface area (TPSA) is 26.3 Å². The summed E-state index contributed by atoms with van der Waals surface area (Å²) < 4.78 is 5.06. The van der Waals surface area contributed by atoms with Gasteiger partial charge in [0.25, 0.3) is 0 Å². The first-order valence-corrected chi connectivity index (χ1v) is 3.57. The van der Waals surface area contributed by atoms with Crippen LogP contribution >= 0.6 is 0 Å². The van der Waals surface area contributed by atoms with Crippen LogP contribution < -0.4 is 0 Å². The molecule has 1 heterocycles. The third-order valence-electron chi connectivity index (χ3n) is 2.39. The number of fused-ring (bicyclic) bond motifs is 1. The summed E-state index contributed by atoms with van der Waals surface area (Å²) in [7, 11) is 0. The van der Waals surface area contributed by atoms with Crippen molar-refractivity contribution in [3.63, 3.8) is 0 Å². The van der Waals surface area contributed by atoms with Crippen molar-refractivity contribution in [1.82, 2.24) is 0 Å². The Morgan fingerprint density at radius 2 is 2.60 bits per heavy atom. The average molecular weight is 138 g/mol. The number of esters is 1. The second-order valence-electron chi connectivity index (χ2n) is 3.37. The lowest BCUT2D eigenvalue weighted by atomic mass is 9.84. The molecule has 10 heavy (non-hydrogen) atoms. The lowest BCUT2D eigenvalue weighted by Gasteiger charge is -2.18. The molecule has 0 spiro atoms. The van der Waals surface area contributed by atoms with Gasteiger partial charge < -0.3 is 4.74 Å². The highest BCUT2D eigenvalue weighted by atomic mass is 16.6. The fourth-order valence-electron chi connectivity index (χ4n) is 1.68. The van der Waals surface area contributed by atoms with Crippen LogP contribution in [0.2, 0.25) is 0 Å². The molecule has 1 aliphatic carbocycles. The van der Waals surface area contributed by atoms with E-state index in [0.717, 1.165) is 6.42 Å². The van der Waals surface area contributed by atoms with Gasteiger partial charge in [-0.1, -0.05) is 13.0 Å². The van der Waals surface area contributed by atoms with E-state index < -0.39 is 0 Å². The van der Waals surface area contributed by atoms with Crippen molar-refractivity contribution in [2.24, 2.45) is 5.41 Å². The minimum atomic E-state index is -0.0446.